The lowest BCUT2D eigenvalue weighted by atomic mass is 9.89. The number of nitrogens with one attached hydrogen (secondary N) is 2. The fraction of sp³-hybridized carbons (Fsp3) is 0.611. The van der Waals surface area contributed by atoms with Crippen LogP contribution in [0.3, 0.4) is 0 Å². The number of halogens is 1. The van der Waals surface area contributed by atoms with E-state index in [1.165, 1.54) is 31.2 Å². The zero-order chi connectivity index (χ0) is 15.2. The van der Waals surface area contributed by atoms with Gasteiger partial charge in [0.15, 0.2) is 0 Å². The molecule has 0 aromatic heterocycles. The Hall–Kier alpha value is -0.870. The van der Waals surface area contributed by atoms with Crippen molar-refractivity contribution in [2.45, 2.75) is 62.6 Å². The fourth-order valence-corrected chi connectivity index (χ4v) is 4.72. The van der Waals surface area contributed by atoms with Gasteiger partial charge in [-0.15, -0.1) is 0 Å². The van der Waals surface area contributed by atoms with Crippen molar-refractivity contribution in [1.82, 2.24) is 10.6 Å². The molecule has 2 aliphatic heterocycles. The Morgan fingerprint density at radius 2 is 2.00 bits per heavy atom. The van der Waals surface area contributed by atoms with Crippen LogP contribution in [0.5, 0.6) is 0 Å². The highest BCUT2D eigenvalue weighted by Gasteiger charge is 2.46. The molecule has 1 aliphatic carbocycles. The third kappa shape index (κ3) is 2.95. The van der Waals surface area contributed by atoms with Crippen LogP contribution < -0.4 is 10.6 Å². The average Bonchev–Trinajstić information content (AvgIpc) is 3.18. The average molecular weight is 363 g/mol. The van der Waals surface area contributed by atoms with Gasteiger partial charge < -0.3 is 10.6 Å². The lowest BCUT2D eigenvalue weighted by Crippen LogP contribution is -2.41. The van der Waals surface area contributed by atoms with Gasteiger partial charge in [-0.3, -0.25) is 4.79 Å². The van der Waals surface area contributed by atoms with E-state index in [4.69, 9.17) is 0 Å². The molecule has 2 saturated heterocycles. The van der Waals surface area contributed by atoms with Gasteiger partial charge in [-0.25, -0.2) is 0 Å². The summed E-state index contributed by atoms with van der Waals surface area (Å²) in [6, 6.07) is 9.68. The maximum Gasteiger partial charge on any atom is 0.220 e. The third-order valence-corrected chi connectivity index (χ3v) is 6.04. The highest BCUT2D eigenvalue weighted by atomic mass is 79.9. The molecule has 0 radical (unpaired) electrons. The molecule has 0 spiro atoms. The van der Waals surface area contributed by atoms with E-state index in [0.717, 1.165) is 17.3 Å². The summed E-state index contributed by atoms with van der Waals surface area (Å²) in [5, 5.41) is 6.98. The highest BCUT2D eigenvalue weighted by Crippen LogP contribution is 2.46. The summed E-state index contributed by atoms with van der Waals surface area (Å²) >= 11 is 3.53. The largest absolute Gasteiger partial charge is 0.347 e. The van der Waals surface area contributed by atoms with Gasteiger partial charge in [0.25, 0.3) is 0 Å². The lowest BCUT2D eigenvalue weighted by Gasteiger charge is -2.29. The quantitative estimate of drug-likeness (QED) is 0.860. The molecule has 3 aliphatic rings. The summed E-state index contributed by atoms with van der Waals surface area (Å²) in [5.41, 5.74) is 1.15. The molecule has 1 aromatic rings. The minimum absolute atomic E-state index is 0.0905. The highest BCUT2D eigenvalue weighted by molar-refractivity contribution is 9.10. The zero-order valence-corrected chi connectivity index (χ0v) is 14.4. The van der Waals surface area contributed by atoms with Crippen LogP contribution in [0.15, 0.2) is 28.7 Å². The van der Waals surface area contributed by atoms with Crippen LogP contribution in [-0.2, 0) is 10.3 Å². The van der Waals surface area contributed by atoms with Gasteiger partial charge in [-0.2, -0.15) is 0 Å². The van der Waals surface area contributed by atoms with Crippen molar-refractivity contribution in [2.75, 3.05) is 0 Å². The molecule has 1 saturated carbocycles. The van der Waals surface area contributed by atoms with Gasteiger partial charge in [0.05, 0.1) is 5.54 Å². The Morgan fingerprint density at radius 1 is 1.27 bits per heavy atom. The van der Waals surface area contributed by atoms with Crippen molar-refractivity contribution in [3.8, 4) is 0 Å². The summed E-state index contributed by atoms with van der Waals surface area (Å²) < 4.78 is 1.08. The number of piperidine rings is 1. The van der Waals surface area contributed by atoms with Gasteiger partial charge >= 0.3 is 0 Å². The van der Waals surface area contributed by atoms with E-state index in [0.29, 0.717) is 24.4 Å². The summed E-state index contributed by atoms with van der Waals surface area (Å²) in [4.78, 5) is 12.5. The molecule has 2 unspecified atom stereocenters. The molecule has 2 N–H and O–H groups in total. The first-order chi connectivity index (χ1) is 10.6. The maximum atomic E-state index is 12.5. The van der Waals surface area contributed by atoms with E-state index in [1.807, 2.05) is 6.07 Å². The molecule has 2 bridgehead atoms. The second kappa shape index (κ2) is 5.64. The summed E-state index contributed by atoms with van der Waals surface area (Å²) in [6.07, 6.45) is 7.76. The molecule has 3 nitrogen and oxygen atoms in total. The Bertz CT molecular complexity index is 572. The smallest absolute Gasteiger partial charge is 0.220 e. The van der Waals surface area contributed by atoms with Crippen LogP contribution in [0.25, 0.3) is 0 Å². The number of hydrogen-bond acceptors (Lipinski definition) is 2. The van der Waals surface area contributed by atoms with Crippen molar-refractivity contribution in [2.24, 2.45) is 5.92 Å². The number of fused-ring (bicyclic) bond motifs is 2. The van der Waals surface area contributed by atoms with Gasteiger partial charge in [0.2, 0.25) is 5.91 Å². The molecular formula is C18H23BrN2O. The number of amides is 1. The zero-order valence-electron chi connectivity index (χ0n) is 12.8. The predicted octanol–water partition coefficient (Wildman–Crippen LogP) is 3.48. The van der Waals surface area contributed by atoms with Crippen LogP contribution in [0.1, 0.15) is 50.5 Å². The van der Waals surface area contributed by atoms with Crippen molar-refractivity contribution < 1.29 is 4.79 Å². The Labute approximate surface area is 140 Å². The first-order valence-electron chi connectivity index (χ1n) is 8.46. The van der Waals surface area contributed by atoms with Crippen molar-refractivity contribution in [3.63, 3.8) is 0 Å². The van der Waals surface area contributed by atoms with Crippen LogP contribution in [0.4, 0.5) is 0 Å². The van der Waals surface area contributed by atoms with Crippen LogP contribution >= 0.6 is 15.9 Å². The normalized spacial score (nSPS) is 31.8. The molecule has 4 heteroatoms. The van der Waals surface area contributed by atoms with Gasteiger partial charge in [-0.1, -0.05) is 28.1 Å². The molecule has 1 amide bonds. The molecule has 22 heavy (non-hydrogen) atoms. The summed E-state index contributed by atoms with van der Waals surface area (Å²) in [6.45, 7) is 0. The standard InChI is InChI=1S/C18H23BrN2O/c19-14-3-1-2-13(11-14)18(6-7-18)21-17(22)10-12-8-15-4-5-16(9-12)20-15/h1-3,11-12,15-16,20H,4-10H2,(H,21,22). The summed E-state index contributed by atoms with van der Waals surface area (Å²) in [7, 11) is 0. The third-order valence-electron chi connectivity index (χ3n) is 5.55. The van der Waals surface area contributed by atoms with E-state index in [9.17, 15) is 4.79 Å². The topological polar surface area (TPSA) is 41.1 Å². The van der Waals surface area contributed by atoms with Gasteiger partial charge in [-0.05, 0) is 62.1 Å². The number of benzene rings is 1. The maximum absolute atomic E-state index is 12.5. The molecule has 1 aromatic carbocycles. The van der Waals surface area contributed by atoms with Gasteiger partial charge in [0.1, 0.15) is 0 Å². The van der Waals surface area contributed by atoms with Crippen molar-refractivity contribution in [3.05, 3.63) is 34.3 Å². The minimum Gasteiger partial charge on any atom is -0.347 e. The van der Waals surface area contributed by atoms with Crippen molar-refractivity contribution >= 4 is 21.8 Å². The Kier molecular flexibility index (Phi) is 3.77. The SMILES string of the molecule is O=C(CC1CC2CCC(C1)N2)NC1(c2cccc(Br)c2)CC1. The lowest BCUT2D eigenvalue weighted by molar-refractivity contribution is -0.123. The molecule has 2 heterocycles. The van der Waals surface area contributed by atoms with Crippen LogP contribution in [0, 0.1) is 5.92 Å². The number of hydrogen-bond donors (Lipinski definition) is 2. The Morgan fingerprint density at radius 3 is 2.64 bits per heavy atom. The minimum atomic E-state index is -0.0905. The first-order valence-corrected chi connectivity index (χ1v) is 9.25. The van der Waals surface area contributed by atoms with Gasteiger partial charge in [0, 0.05) is 23.0 Å². The van der Waals surface area contributed by atoms with Crippen molar-refractivity contribution in [1.29, 1.82) is 0 Å². The Balaban J connectivity index is 1.38. The van der Waals surface area contributed by atoms with E-state index in [2.05, 4.69) is 44.8 Å². The molecule has 118 valence electrons. The fourth-order valence-electron chi connectivity index (χ4n) is 4.32. The monoisotopic (exact) mass is 362 g/mol. The van der Waals surface area contributed by atoms with Crippen LogP contribution in [0.2, 0.25) is 0 Å². The number of carbonyl (C=O) groups is 1. The predicted molar refractivity (Wildman–Crippen MR) is 90.5 cm³/mol. The molecule has 2 atom stereocenters. The second-order valence-corrected chi connectivity index (χ2v) is 8.24. The van der Waals surface area contributed by atoms with E-state index in [1.54, 1.807) is 0 Å². The molecule has 3 fully saturated rings. The molecule has 4 rings (SSSR count). The van der Waals surface area contributed by atoms with Crippen LogP contribution in [-0.4, -0.2) is 18.0 Å². The second-order valence-electron chi connectivity index (χ2n) is 7.32. The first kappa shape index (κ1) is 14.7. The number of carbonyl (C=O) groups excluding carboxylic acids is 1. The summed E-state index contributed by atoms with van der Waals surface area (Å²) in [5.74, 6) is 0.806. The number of rotatable bonds is 4. The van der Waals surface area contributed by atoms with E-state index < -0.39 is 0 Å². The van der Waals surface area contributed by atoms with E-state index >= 15 is 0 Å². The van der Waals surface area contributed by atoms with E-state index in [-0.39, 0.29) is 11.4 Å². The molecular weight excluding hydrogens is 340 g/mol.